The van der Waals surface area contributed by atoms with Crippen molar-refractivity contribution in [2.75, 3.05) is 37.8 Å². The van der Waals surface area contributed by atoms with Gasteiger partial charge in [0.15, 0.2) is 5.96 Å². The van der Waals surface area contributed by atoms with Crippen molar-refractivity contribution in [3.8, 4) is 0 Å². The van der Waals surface area contributed by atoms with Crippen LogP contribution >= 0.6 is 0 Å². The van der Waals surface area contributed by atoms with Crippen LogP contribution in [0.15, 0.2) is 23.3 Å². The number of aromatic nitrogens is 1. The molecule has 0 saturated carbocycles. The minimum absolute atomic E-state index is 0.323. The molecule has 0 spiro atoms. The highest BCUT2D eigenvalue weighted by Crippen LogP contribution is 2.18. The molecule has 8 nitrogen and oxygen atoms in total. The van der Waals surface area contributed by atoms with E-state index < -0.39 is 15.6 Å². The summed E-state index contributed by atoms with van der Waals surface area (Å²) < 4.78 is 25.5. The Morgan fingerprint density at radius 3 is 2.52 bits per heavy atom. The predicted octanol–water partition coefficient (Wildman–Crippen LogP) is 0.852. The second-order valence-corrected chi connectivity index (χ2v) is 9.53. The van der Waals surface area contributed by atoms with Crippen LogP contribution in [0.2, 0.25) is 0 Å². The Hall–Kier alpha value is -1.87. The van der Waals surface area contributed by atoms with Gasteiger partial charge >= 0.3 is 0 Å². The topological polar surface area (TPSA) is 98.7 Å². The first-order valence-electron chi connectivity index (χ1n) is 9.22. The minimum atomic E-state index is -3.26. The van der Waals surface area contributed by atoms with E-state index in [9.17, 15) is 8.42 Å². The van der Waals surface area contributed by atoms with Gasteiger partial charge in [0.25, 0.3) is 0 Å². The number of guanidine groups is 1. The molecule has 0 radical (unpaired) electrons. The maximum absolute atomic E-state index is 11.4. The summed E-state index contributed by atoms with van der Waals surface area (Å²) in [5.74, 6) is 1.71. The monoisotopic (exact) mass is 396 g/mol. The van der Waals surface area contributed by atoms with E-state index in [2.05, 4.69) is 42.4 Å². The normalized spacial score (nSPS) is 17.1. The Kier molecular flexibility index (Phi) is 7.05. The molecule has 2 heterocycles. The zero-order valence-corrected chi connectivity index (χ0v) is 17.7. The molecule has 0 atom stereocenters. The smallest absolute Gasteiger partial charge is 0.209 e. The van der Waals surface area contributed by atoms with Gasteiger partial charge in [0.1, 0.15) is 5.82 Å². The van der Waals surface area contributed by atoms with E-state index in [0.29, 0.717) is 18.5 Å². The van der Waals surface area contributed by atoms with Gasteiger partial charge in [0.2, 0.25) is 10.0 Å². The molecule has 27 heavy (non-hydrogen) atoms. The van der Waals surface area contributed by atoms with Crippen LogP contribution in [0.1, 0.15) is 32.3 Å². The summed E-state index contributed by atoms with van der Waals surface area (Å²) in [7, 11) is -1.54. The van der Waals surface area contributed by atoms with Crippen LogP contribution in [-0.4, -0.2) is 63.9 Å². The molecule has 1 aliphatic heterocycles. The van der Waals surface area contributed by atoms with E-state index in [4.69, 9.17) is 0 Å². The highest BCUT2D eigenvalue weighted by molar-refractivity contribution is 7.88. The molecule has 1 fully saturated rings. The standard InChI is InChI=1S/C18H32N6O2S/c1-14-6-7-16(20-12-14)24-10-8-15(9-11-24)22-17(19-4)21-13-18(2,3)23-27(5,25)26/h6-7,12,15,23H,8-11,13H2,1-5H3,(H2,19,21,22). The highest BCUT2D eigenvalue weighted by atomic mass is 32.2. The number of hydrogen-bond donors (Lipinski definition) is 3. The fourth-order valence-electron chi connectivity index (χ4n) is 3.13. The van der Waals surface area contributed by atoms with Crippen molar-refractivity contribution in [2.45, 2.75) is 45.2 Å². The Morgan fingerprint density at radius 2 is 2.00 bits per heavy atom. The summed E-state index contributed by atoms with van der Waals surface area (Å²) in [6.45, 7) is 8.02. The van der Waals surface area contributed by atoms with E-state index in [1.54, 1.807) is 7.05 Å². The molecule has 1 aromatic rings. The molecule has 0 aliphatic carbocycles. The number of aliphatic imine (C=N–C) groups is 1. The minimum Gasteiger partial charge on any atom is -0.356 e. The number of aryl methyl sites for hydroxylation is 1. The lowest BCUT2D eigenvalue weighted by Gasteiger charge is -2.34. The third-order valence-electron chi connectivity index (χ3n) is 4.44. The van der Waals surface area contributed by atoms with E-state index in [1.165, 1.54) is 11.8 Å². The molecule has 0 amide bonds. The number of hydrogen-bond acceptors (Lipinski definition) is 5. The van der Waals surface area contributed by atoms with Gasteiger partial charge in [-0.25, -0.2) is 18.1 Å². The number of sulfonamides is 1. The molecule has 2 rings (SSSR count). The lowest BCUT2D eigenvalue weighted by molar-refractivity contribution is 0.433. The summed E-state index contributed by atoms with van der Waals surface area (Å²) >= 11 is 0. The first-order valence-corrected chi connectivity index (χ1v) is 11.1. The summed E-state index contributed by atoms with van der Waals surface area (Å²) in [4.78, 5) is 11.1. The van der Waals surface area contributed by atoms with E-state index >= 15 is 0 Å². The Balaban J connectivity index is 1.81. The van der Waals surface area contributed by atoms with Gasteiger partial charge in [0.05, 0.1) is 6.26 Å². The van der Waals surface area contributed by atoms with Crippen LogP contribution < -0.4 is 20.3 Å². The van der Waals surface area contributed by atoms with Crippen molar-refractivity contribution < 1.29 is 8.42 Å². The molecule has 0 unspecified atom stereocenters. The average molecular weight is 397 g/mol. The third kappa shape index (κ3) is 7.34. The fourth-order valence-corrected chi connectivity index (χ4v) is 4.21. The van der Waals surface area contributed by atoms with Gasteiger partial charge in [-0.05, 0) is 45.2 Å². The maximum atomic E-state index is 11.4. The van der Waals surface area contributed by atoms with Crippen LogP contribution in [0.3, 0.4) is 0 Å². The average Bonchev–Trinajstić information content (AvgIpc) is 2.58. The maximum Gasteiger partial charge on any atom is 0.209 e. The van der Waals surface area contributed by atoms with Crippen molar-refractivity contribution in [3.05, 3.63) is 23.9 Å². The van der Waals surface area contributed by atoms with Crippen LogP contribution in [0.5, 0.6) is 0 Å². The number of pyridine rings is 1. The summed E-state index contributed by atoms with van der Waals surface area (Å²) in [6.07, 6.45) is 5.04. The van der Waals surface area contributed by atoms with Crippen molar-refractivity contribution in [2.24, 2.45) is 4.99 Å². The Labute approximate surface area is 162 Å². The van der Waals surface area contributed by atoms with Crippen molar-refractivity contribution in [3.63, 3.8) is 0 Å². The van der Waals surface area contributed by atoms with Gasteiger partial charge < -0.3 is 15.5 Å². The number of nitrogens with zero attached hydrogens (tertiary/aromatic N) is 3. The molecule has 1 aromatic heterocycles. The van der Waals surface area contributed by atoms with E-state index in [0.717, 1.165) is 31.7 Å². The first kappa shape index (κ1) is 21.4. The highest BCUT2D eigenvalue weighted by Gasteiger charge is 2.24. The molecule has 1 aliphatic rings. The predicted molar refractivity (Wildman–Crippen MR) is 111 cm³/mol. The lowest BCUT2D eigenvalue weighted by Crippen LogP contribution is -2.55. The quantitative estimate of drug-likeness (QED) is 0.487. The van der Waals surface area contributed by atoms with Crippen LogP contribution in [0.25, 0.3) is 0 Å². The SMILES string of the molecule is CN=C(NCC(C)(C)NS(C)(=O)=O)NC1CCN(c2ccc(C)cn2)CC1. The van der Waals surface area contributed by atoms with E-state index in [1.807, 2.05) is 27.0 Å². The number of piperidine rings is 1. The van der Waals surface area contributed by atoms with Crippen molar-refractivity contribution in [1.29, 1.82) is 0 Å². The zero-order valence-electron chi connectivity index (χ0n) is 16.9. The largest absolute Gasteiger partial charge is 0.356 e. The fraction of sp³-hybridized carbons (Fsp3) is 0.667. The molecule has 0 bridgehead atoms. The van der Waals surface area contributed by atoms with Crippen molar-refractivity contribution in [1.82, 2.24) is 20.3 Å². The number of nitrogens with one attached hydrogen (secondary N) is 3. The number of rotatable bonds is 6. The van der Waals surface area contributed by atoms with Crippen LogP contribution in [-0.2, 0) is 10.0 Å². The van der Waals surface area contributed by atoms with Gasteiger partial charge in [-0.1, -0.05) is 6.07 Å². The second kappa shape index (κ2) is 8.88. The molecule has 9 heteroatoms. The lowest BCUT2D eigenvalue weighted by atomic mass is 10.0. The third-order valence-corrected chi connectivity index (χ3v) is 5.36. The summed E-state index contributed by atoms with van der Waals surface area (Å²) in [6, 6.07) is 4.48. The van der Waals surface area contributed by atoms with Crippen LogP contribution in [0, 0.1) is 6.92 Å². The summed E-state index contributed by atoms with van der Waals surface area (Å²) in [5.41, 5.74) is 0.560. The van der Waals surface area contributed by atoms with Crippen molar-refractivity contribution >= 4 is 21.8 Å². The molecule has 3 N–H and O–H groups in total. The van der Waals surface area contributed by atoms with E-state index in [-0.39, 0.29) is 0 Å². The Morgan fingerprint density at radius 1 is 1.33 bits per heavy atom. The molecular weight excluding hydrogens is 364 g/mol. The Bertz CT molecular complexity index is 738. The van der Waals surface area contributed by atoms with Gasteiger partial charge in [0, 0.05) is 44.5 Å². The molecule has 152 valence electrons. The molecule has 1 saturated heterocycles. The first-order chi connectivity index (χ1) is 12.6. The zero-order chi connectivity index (χ0) is 20.1. The molecular formula is C18H32N6O2S. The number of anilines is 1. The molecule has 0 aromatic carbocycles. The summed E-state index contributed by atoms with van der Waals surface area (Å²) in [5, 5.41) is 6.65. The van der Waals surface area contributed by atoms with Gasteiger partial charge in [-0.15, -0.1) is 0 Å². The van der Waals surface area contributed by atoms with Crippen LogP contribution in [0.4, 0.5) is 5.82 Å². The second-order valence-electron chi connectivity index (χ2n) is 7.78. The van der Waals surface area contributed by atoms with Gasteiger partial charge in [-0.3, -0.25) is 4.99 Å². The van der Waals surface area contributed by atoms with Gasteiger partial charge in [-0.2, -0.15) is 0 Å².